The molecule has 0 aliphatic heterocycles. The van der Waals surface area contributed by atoms with E-state index in [4.69, 9.17) is 11.5 Å². The molecule has 0 bridgehead atoms. The normalized spacial score (nSPS) is 14.2. The first-order valence-corrected chi connectivity index (χ1v) is 3.45. The molecule has 0 saturated carbocycles. The van der Waals surface area contributed by atoms with E-state index < -0.39 is 12.2 Å². The standard InChI is InChI=1S/C7H8F3N3/c8-7(9,10)6(12)5-2-1-4(11)3-13-5/h1-3,6H,11-12H2/t6-/m1/s1. The van der Waals surface area contributed by atoms with E-state index in [1.807, 2.05) is 0 Å². The van der Waals surface area contributed by atoms with Gasteiger partial charge in [0, 0.05) is 0 Å². The summed E-state index contributed by atoms with van der Waals surface area (Å²) in [5, 5.41) is 0. The Morgan fingerprint density at radius 2 is 1.92 bits per heavy atom. The molecule has 0 radical (unpaired) electrons. The minimum Gasteiger partial charge on any atom is -0.397 e. The largest absolute Gasteiger partial charge is 0.409 e. The van der Waals surface area contributed by atoms with Gasteiger partial charge in [-0.15, -0.1) is 0 Å². The van der Waals surface area contributed by atoms with Crippen LogP contribution in [0.1, 0.15) is 11.7 Å². The SMILES string of the molecule is Nc1ccc([C@@H](N)C(F)(F)F)nc1. The van der Waals surface area contributed by atoms with Crippen molar-refractivity contribution in [2.45, 2.75) is 12.2 Å². The molecule has 0 aromatic carbocycles. The predicted molar refractivity (Wildman–Crippen MR) is 41.6 cm³/mol. The summed E-state index contributed by atoms with van der Waals surface area (Å²) in [5.41, 5.74) is 10.2. The molecule has 0 spiro atoms. The number of aromatic nitrogens is 1. The Balaban J connectivity index is 2.90. The second kappa shape index (κ2) is 3.21. The van der Waals surface area contributed by atoms with Gasteiger partial charge in [-0.2, -0.15) is 13.2 Å². The molecular weight excluding hydrogens is 183 g/mol. The number of halogens is 3. The zero-order valence-electron chi connectivity index (χ0n) is 6.55. The van der Waals surface area contributed by atoms with Crippen LogP contribution in [-0.2, 0) is 0 Å². The van der Waals surface area contributed by atoms with Crippen molar-refractivity contribution in [3.63, 3.8) is 0 Å². The highest BCUT2D eigenvalue weighted by atomic mass is 19.4. The fourth-order valence-corrected chi connectivity index (χ4v) is 0.768. The maximum Gasteiger partial charge on any atom is 0.409 e. The smallest absolute Gasteiger partial charge is 0.397 e. The molecule has 0 aliphatic carbocycles. The third-order valence-corrected chi connectivity index (χ3v) is 1.48. The van der Waals surface area contributed by atoms with Gasteiger partial charge in [0.05, 0.1) is 17.6 Å². The molecule has 1 aromatic rings. The molecule has 1 atom stereocenters. The van der Waals surface area contributed by atoms with Crippen molar-refractivity contribution in [2.24, 2.45) is 5.73 Å². The van der Waals surface area contributed by atoms with Gasteiger partial charge < -0.3 is 11.5 Å². The van der Waals surface area contributed by atoms with Crippen LogP contribution in [0, 0.1) is 0 Å². The van der Waals surface area contributed by atoms with Crippen LogP contribution < -0.4 is 11.5 Å². The Hall–Kier alpha value is -1.30. The van der Waals surface area contributed by atoms with E-state index >= 15 is 0 Å². The first-order valence-electron chi connectivity index (χ1n) is 3.45. The lowest BCUT2D eigenvalue weighted by Crippen LogP contribution is -2.29. The average molecular weight is 191 g/mol. The lowest BCUT2D eigenvalue weighted by Gasteiger charge is -2.14. The zero-order valence-corrected chi connectivity index (χ0v) is 6.55. The molecule has 0 fully saturated rings. The number of nitrogen functional groups attached to an aromatic ring is 1. The van der Waals surface area contributed by atoms with Gasteiger partial charge in [-0.1, -0.05) is 0 Å². The second-order valence-electron chi connectivity index (χ2n) is 2.54. The van der Waals surface area contributed by atoms with Crippen molar-refractivity contribution in [3.8, 4) is 0 Å². The van der Waals surface area contributed by atoms with Gasteiger partial charge >= 0.3 is 6.18 Å². The maximum absolute atomic E-state index is 12.0. The zero-order chi connectivity index (χ0) is 10.1. The topological polar surface area (TPSA) is 64.9 Å². The van der Waals surface area contributed by atoms with Gasteiger partial charge in [0.1, 0.15) is 6.04 Å². The fraction of sp³-hybridized carbons (Fsp3) is 0.286. The molecule has 1 rings (SSSR count). The number of hydrogen-bond donors (Lipinski definition) is 2. The summed E-state index contributed by atoms with van der Waals surface area (Å²) in [6.07, 6.45) is -3.33. The van der Waals surface area contributed by atoms with Crippen LogP contribution in [-0.4, -0.2) is 11.2 Å². The number of alkyl halides is 3. The van der Waals surface area contributed by atoms with Crippen molar-refractivity contribution >= 4 is 5.69 Å². The highest BCUT2D eigenvalue weighted by Crippen LogP contribution is 2.29. The number of hydrogen-bond acceptors (Lipinski definition) is 3. The van der Waals surface area contributed by atoms with Crippen LogP contribution in [0.15, 0.2) is 18.3 Å². The minimum absolute atomic E-state index is 0.235. The van der Waals surface area contributed by atoms with Gasteiger partial charge in [-0.25, -0.2) is 0 Å². The van der Waals surface area contributed by atoms with E-state index in [1.54, 1.807) is 0 Å². The van der Waals surface area contributed by atoms with Crippen molar-refractivity contribution in [3.05, 3.63) is 24.0 Å². The average Bonchev–Trinajstić information content (AvgIpc) is 2.03. The van der Waals surface area contributed by atoms with E-state index in [0.29, 0.717) is 5.69 Å². The van der Waals surface area contributed by atoms with Crippen LogP contribution in [0.4, 0.5) is 18.9 Å². The van der Waals surface area contributed by atoms with Crippen molar-refractivity contribution in [1.29, 1.82) is 0 Å². The summed E-state index contributed by atoms with van der Waals surface area (Å²) in [4.78, 5) is 3.47. The van der Waals surface area contributed by atoms with Crippen LogP contribution >= 0.6 is 0 Å². The van der Waals surface area contributed by atoms with Gasteiger partial charge in [-0.3, -0.25) is 4.98 Å². The Morgan fingerprint density at radius 1 is 1.31 bits per heavy atom. The number of nitrogens with two attached hydrogens (primary N) is 2. The highest BCUT2D eigenvalue weighted by molar-refractivity contribution is 5.35. The third-order valence-electron chi connectivity index (χ3n) is 1.48. The molecular formula is C7H8F3N3. The summed E-state index contributed by atoms with van der Waals surface area (Å²) in [6, 6.07) is 0.439. The van der Waals surface area contributed by atoms with Crippen molar-refractivity contribution in [2.75, 3.05) is 5.73 Å². The second-order valence-corrected chi connectivity index (χ2v) is 2.54. The van der Waals surface area contributed by atoms with Gasteiger partial charge in [0.2, 0.25) is 0 Å². The van der Waals surface area contributed by atoms with Crippen LogP contribution in [0.2, 0.25) is 0 Å². The Labute approximate surface area is 72.6 Å². The van der Waals surface area contributed by atoms with E-state index in [-0.39, 0.29) is 5.69 Å². The van der Waals surface area contributed by atoms with E-state index in [1.165, 1.54) is 6.07 Å². The van der Waals surface area contributed by atoms with Gasteiger partial charge in [-0.05, 0) is 12.1 Å². The summed E-state index contributed by atoms with van der Waals surface area (Å²) in [6.45, 7) is 0. The Morgan fingerprint density at radius 3 is 2.31 bits per heavy atom. The van der Waals surface area contributed by atoms with E-state index in [2.05, 4.69) is 4.98 Å². The molecule has 0 aliphatic rings. The summed E-state index contributed by atoms with van der Waals surface area (Å²) >= 11 is 0. The van der Waals surface area contributed by atoms with Gasteiger partial charge in [0.25, 0.3) is 0 Å². The fourth-order valence-electron chi connectivity index (χ4n) is 0.768. The van der Waals surface area contributed by atoms with Crippen LogP contribution in [0.5, 0.6) is 0 Å². The third kappa shape index (κ3) is 2.32. The lowest BCUT2D eigenvalue weighted by molar-refractivity contribution is -0.149. The molecule has 0 saturated heterocycles. The predicted octanol–water partition coefficient (Wildman–Crippen LogP) is 1.23. The molecule has 0 unspecified atom stereocenters. The molecule has 4 N–H and O–H groups in total. The highest BCUT2D eigenvalue weighted by Gasteiger charge is 2.38. The molecule has 1 aromatic heterocycles. The summed E-state index contributed by atoms with van der Waals surface area (Å²) < 4.78 is 36.1. The van der Waals surface area contributed by atoms with Crippen LogP contribution in [0.3, 0.4) is 0 Å². The first kappa shape index (κ1) is 9.79. The van der Waals surface area contributed by atoms with Crippen LogP contribution in [0.25, 0.3) is 0 Å². The van der Waals surface area contributed by atoms with E-state index in [0.717, 1.165) is 12.3 Å². The lowest BCUT2D eigenvalue weighted by atomic mass is 10.2. The maximum atomic E-state index is 12.0. The minimum atomic E-state index is -4.47. The van der Waals surface area contributed by atoms with Crippen molar-refractivity contribution < 1.29 is 13.2 Å². The molecule has 72 valence electrons. The van der Waals surface area contributed by atoms with E-state index in [9.17, 15) is 13.2 Å². The number of pyridine rings is 1. The molecule has 3 nitrogen and oxygen atoms in total. The molecule has 0 amide bonds. The number of anilines is 1. The molecule has 1 heterocycles. The summed E-state index contributed by atoms with van der Waals surface area (Å²) in [5.74, 6) is 0. The van der Waals surface area contributed by atoms with Crippen molar-refractivity contribution in [1.82, 2.24) is 4.98 Å². The number of nitrogens with zero attached hydrogens (tertiary/aromatic N) is 1. The number of rotatable bonds is 1. The summed E-state index contributed by atoms with van der Waals surface area (Å²) in [7, 11) is 0. The quantitative estimate of drug-likeness (QED) is 0.701. The molecule has 6 heteroatoms. The monoisotopic (exact) mass is 191 g/mol. The first-order chi connectivity index (χ1) is 5.91. The Bertz CT molecular complexity index is 280. The molecule has 13 heavy (non-hydrogen) atoms. The Kier molecular flexibility index (Phi) is 2.42. The van der Waals surface area contributed by atoms with Gasteiger partial charge in [0.15, 0.2) is 0 Å².